The minimum Gasteiger partial charge on any atom is -0.378 e. The molecule has 0 N–H and O–H groups in total. The molecule has 1 aliphatic heterocycles. The Bertz CT molecular complexity index is 402. The van der Waals surface area contributed by atoms with Crippen LogP contribution >= 0.6 is 0 Å². The number of hydrogen-bond donors (Lipinski definition) is 0. The van der Waals surface area contributed by atoms with Gasteiger partial charge in [-0.05, 0) is 12.1 Å². The number of carbonyl (C=O) groups excluding carboxylic acids is 1. The Kier molecular flexibility index (Phi) is 4.11. The highest BCUT2D eigenvalue weighted by Gasteiger charge is 2.15. The second-order valence-corrected chi connectivity index (χ2v) is 3.99. The van der Waals surface area contributed by atoms with E-state index in [0.29, 0.717) is 5.56 Å². The molecule has 0 atom stereocenters. The van der Waals surface area contributed by atoms with Crippen molar-refractivity contribution in [3.63, 3.8) is 0 Å². The summed E-state index contributed by atoms with van der Waals surface area (Å²) in [6, 6.07) is 3.61. The highest BCUT2D eigenvalue weighted by molar-refractivity contribution is 5.93. The molecule has 0 aromatic carbocycles. The fourth-order valence-corrected chi connectivity index (χ4v) is 1.76. The Labute approximate surface area is 106 Å². The number of hydroxylamine groups is 2. The lowest BCUT2D eigenvalue weighted by atomic mass is 10.2. The van der Waals surface area contributed by atoms with Crippen molar-refractivity contribution in [3.05, 3.63) is 23.9 Å². The van der Waals surface area contributed by atoms with Crippen LogP contribution in [0, 0.1) is 0 Å². The number of amides is 1. The molecule has 2 heterocycles. The molecular formula is C12H17N3O3. The molecule has 98 valence electrons. The zero-order valence-electron chi connectivity index (χ0n) is 10.6. The van der Waals surface area contributed by atoms with Crippen LogP contribution in [-0.4, -0.2) is 56.4 Å². The van der Waals surface area contributed by atoms with Gasteiger partial charge in [-0.2, -0.15) is 0 Å². The van der Waals surface area contributed by atoms with Gasteiger partial charge in [0.2, 0.25) is 0 Å². The standard InChI is InChI=1S/C12H17N3O3/c1-14(17-2)12(16)10-3-4-11(13-9-10)15-5-7-18-8-6-15/h3-4,9H,5-8H2,1-2H3. The van der Waals surface area contributed by atoms with E-state index in [4.69, 9.17) is 9.57 Å². The normalized spacial score (nSPS) is 15.6. The number of nitrogens with zero attached hydrogens (tertiary/aromatic N) is 3. The van der Waals surface area contributed by atoms with E-state index in [9.17, 15) is 4.79 Å². The second kappa shape index (κ2) is 5.79. The molecule has 1 amide bonds. The average Bonchev–Trinajstić information content (AvgIpc) is 2.47. The van der Waals surface area contributed by atoms with Gasteiger partial charge in [0.1, 0.15) is 5.82 Å². The molecule has 0 aliphatic carbocycles. The number of pyridine rings is 1. The maximum atomic E-state index is 11.8. The Balaban J connectivity index is 2.07. The summed E-state index contributed by atoms with van der Waals surface area (Å²) in [5.74, 6) is 0.661. The first-order valence-electron chi connectivity index (χ1n) is 5.83. The van der Waals surface area contributed by atoms with Crippen LogP contribution in [0.3, 0.4) is 0 Å². The number of aromatic nitrogens is 1. The maximum Gasteiger partial charge on any atom is 0.278 e. The van der Waals surface area contributed by atoms with Crippen molar-refractivity contribution < 1.29 is 14.4 Å². The molecular weight excluding hydrogens is 234 g/mol. The van der Waals surface area contributed by atoms with Crippen molar-refractivity contribution in [2.75, 3.05) is 45.4 Å². The highest BCUT2D eigenvalue weighted by Crippen LogP contribution is 2.13. The molecule has 1 aromatic heterocycles. The van der Waals surface area contributed by atoms with Crippen LogP contribution in [0.1, 0.15) is 10.4 Å². The van der Waals surface area contributed by atoms with Crippen molar-refractivity contribution in [2.24, 2.45) is 0 Å². The minimum atomic E-state index is -0.210. The SMILES string of the molecule is CON(C)C(=O)c1ccc(N2CCOCC2)nc1. The third-order valence-corrected chi connectivity index (χ3v) is 2.89. The van der Waals surface area contributed by atoms with Crippen LogP contribution in [0.25, 0.3) is 0 Å². The molecule has 1 saturated heterocycles. The van der Waals surface area contributed by atoms with Crippen LogP contribution in [0.15, 0.2) is 18.3 Å². The van der Waals surface area contributed by atoms with Crippen molar-refractivity contribution >= 4 is 11.7 Å². The third kappa shape index (κ3) is 2.77. The Morgan fingerprint density at radius 1 is 1.44 bits per heavy atom. The van der Waals surface area contributed by atoms with E-state index in [1.807, 2.05) is 6.07 Å². The largest absolute Gasteiger partial charge is 0.378 e. The first-order valence-corrected chi connectivity index (χ1v) is 5.83. The number of carbonyl (C=O) groups is 1. The van der Waals surface area contributed by atoms with Crippen LogP contribution in [-0.2, 0) is 9.57 Å². The summed E-state index contributed by atoms with van der Waals surface area (Å²) in [5.41, 5.74) is 0.511. The van der Waals surface area contributed by atoms with Gasteiger partial charge in [0, 0.05) is 26.3 Å². The van der Waals surface area contributed by atoms with Crippen molar-refractivity contribution in [1.82, 2.24) is 10.0 Å². The zero-order valence-corrected chi connectivity index (χ0v) is 10.6. The predicted octanol–water partition coefficient (Wildman–Crippen LogP) is 0.552. The summed E-state index contributed by atoms with van der Waals surface area (Å²) in [6.45, 7) is 3.10. The molecule has 0 saturated carbocycles. The van der Waals surface area contributed by atoms with Gasteiger partial charge in [-0.3, -0.25) is 9.63 Å². The van der Waals surface area contributed by atoms with E-state index in [1.54, 1.807) is 19.3 Å². The van der Waals surface area contributed by atoms with E-state index in [0.717, 1.165) is 32.1 Å². The molecule has 2 rings (SSSR count). The third-order valence-electron chi connectivity index (χ3n) is 2.89. The van der Waals surface area contributed by atoms with E-state index >= 15 is 0 Å². The molecule has 0 radical (unpaired) electrons. The minimum absolute atomic E-state index is 0.210. The lowest BCUT2D eigenvalue weighted by molar-refractivity contribution is -0.0757. The highest BCUT2D eigenvalue weighted by atomic mass is 16.7. The van der Waals surface area contributed by atoms with E-state index in [-0.39, 0.29) is 5.91 Å². The summed E-state index contributed by atoms with van der Waals surface area (Å²) < 4.78 is 5.28. The van der Waals surface area contributed by atoms with Gasteiger partial charge in [-0.25, -0.2) is 10.0 Å². The van der Waals surface area contributed by atoms with Gasteiger partial charge in [-0.1, -0.05) is 0 Å². The lowest BCUT2D eigenvalue weighted by Crippen LogP contribution is -2.36. The average molecular weight is 251 g/mol. The number of anilines is 1. The number of rotatable bonds is 3. The van der Waals surface area contributed by atoms with Crippen molar-refractivity contribution in [3.8, 4) is 0 Å². The first-order chi connectivity index (χ1) is 8.72. The van der Waals surface area contributed by atoms with Crippen LogP contribution in [0.4, 0.5) is 5.82 Å². The van der Waals surface area contributed by atoms with Crippen LogP contribution < -0.4 is 4.90 Å². The quantitative estimate of drug-likeness (QED) is 0.734. The topological polar surface area (TPSA) is 54.9 Å². The van der Waals surface area contributed by atoms with Gasteiger partial charge in [0.05, 0.1) is 25.9 Å². The Morgan fingerprint density at radius 2 is 2.17 bits per heavy atom. The molecule has 0 spiro atoms. The van der Waals surface area contributed by atoms with Gasteiger partial charge in [0.15, 0.2) is 0 Å². The van der Waals surface area contributed by atoms with E-state index < -0.39 is 0 Å². The molecule has 1 aliphatic rings. The number of ether oxygens (including phenoxy) is 1. The fraction of sp³-hybridized carbons (Fsp3) is 0.500. The summed E-state index contributed by atoms with van der Waals surface area (Å²) in [7, 11) is 3.02. The van der Waals surface area contributed by atoms with E-state index in [2.05, 4.69) is 9.88 Å². The number of hydrogen-bond acceptors (Lipinski definition) is 5. The molecule has 0 bridgehead atoms. The maximum absolute atomic E-state index is 11.8. The van der Waals surface area contributed by atoms with Crippen LogP contribution in [0.5, 0.6) is 0 Å². The fourth-order valence-electron chi connectivity index (χ4n) is 1.76. The predicted molar refractivity (Wildman–Crippen MR) is 66.4 cm³/mol. The zero-order chi connectivity index (χ0) is 13.0. The summed E-state index contributed by atoms with van der Waals surface area (Å²) in [4.78, 5) is 23.1. The first kappa shape index (κ1) is 12.8. The van der Waals surface area contributed by atoms with Gasteiger partial charge < -0.3 is 9.64 Å². The molecule has 6 nitrogen and oxygen atoms in total. The molecule has 6 heteroatoms. The van der Waals surface area contributed by atoms with Gasteiger partial charge in [-0.15, -0.1) is 0 Å². The Hall–Kier alpha value is -1.66. The molecule has 0 unspecified atom stereocenters. The number of morpholine rings is 1. The van der Waals surface area contributed by atoms with Gasteiger partial charge >= 0.3 is 0 Å². The smallest absolute Gasteiger partial charge is 0.278 e. The summed E-state index contributed by atoms with van der Waals surface area (Å²) in [5, 5.41) is 1.17. The molecule has 1 aromatic rings. The monoisotopic (exact) mass is 251 g/mol. The summed E-state index contributed by atoms with van der Waals surface area (Å²) in [6.07, 6.45) is 1.57. The van der Waals surface area contributed by atoms with Crippen LogP contribution in [0.2, 0.25) is 0 Å². The lowest BCUT2D eigenvalue weighted by Gasteiger charge is -2.27. The van der Waals surface area contributed by atoms with Crippen molar-refractivity contribution in [1.29, 1.82) is 0 Å². The molecule has 18 heavy (non-hydrogen) atoms. The van der Waals surface area contributed by atoms with E-state index in [1.165, 1.54) is 12.2 Å². The summed E-state index contributed by atoms with van der Waals surface area (Å²) >= 11 is 0. The Morgan fingerprint density at radius 3 is 2.72 bits per heavy atom. The van der Waals surface area contributed by atoms with Crippen molar-refractivity contribution in [2.45, 2.75) is 0 Å². The second-order valence-electron chi connectivity index (χ2n) is 3.99. The molecule has 1 fully saturated rings. The van der Waals surface area contributed by atoms with Gasteiger partial charge in [0.25, 0.3) is 5.91 Å².